The molecule has 2 aromatic heterocycles. The van der Waals surface area contributed by atoms with E-state index in [0.717, 1.165) is 15.7 Å². The van der Waals surface area contributed by atoms with Crippen molar-refractivity contribution in [3.05, 3.63) is 33.7 Å². The minimum atomic E-state index is -0.672. The monoisotopic (exact) mass is 339 g/mol. The van der Waals surface area contributed by atoms with Gasteiger partial charge in [-0.3, -0.25) is 9.20 Å². The fraction of sp³-hybridized carbons (Fsp3) is 0.429. The Morgan fingerprint density at radius 3 is 2.75 bits per heavy atom. The average molecular weight is 340 g/mol. The van der Waals surface area contributed by atoms with E-state index in [1.807, 2.05) is 19.2 Å². The maximum Gasteiger partial charge on any atom is 0.270 e. The van der Waals surface area contributed by atoms with Gasteiger partial charge in [0.15, 0.2) is 0 Å². The molecule has 5 nitrogen and oxygen atoms in total. The lowest BCUT2D eigenvalue weighted by atomic mass is 10.1. The van der Waals surface area contributed by atoms with E-state index >= 15 is 0 Å². The topological polar surface area (TPSA) is 66.6 Å². The zero-order valence-corrected chi connectivity index (χ0v) is 13.6. The van der Waals surface area contributed by atoms with Crippen molar-refractivity contribution >= 4 is 27.5 Å². The first-order chi connectivity index (χ1) is 9.25. The van der Waals surface area contributed by atoms with Crippen molar-refractivity contribution < 1.29 is 9.90 Å². The molecule has 0 bridgehead atoms. The van der Waals surface area contributed by atoms with Crippen molar-refractivity contribution in [1.29, 1.82) is 0 Å². The Hall–Kier alpha value is -1.40. The lowest BCUT2D eigenvalue weighted by molar-refractivity contribution is 0.0862. The zero-order chi connectivity index (χ0) is 15.1. The van der Waals surface area contributed by atoms with Gasteiger partial charge < -0.3 is 10.4 Å². The summed E-state index contributed by atoms with van der Waals surface area (Å²) >= 11 is 3.43. The number of pyridine rings is 1. The van der Waals surface area contributed by atoms with Crippen LogP contribution < -0.4 is 5.32 Å². The minimum Gasteiger partial charge on any atom is -0.394 e. The molecule has 0 aliphatic rings. The minimum absolute atomic E-state index is 0.128. The molecule has 2 aromatic rings. The van der Waals surface area contributed by atoms with E-state index in [9.17, 15) is 9.90 Å². The summed E-state index contributed by atoms with van der Waals surface area (Å²) in [6.07, 6.45) is 1.82. The smallest absolute Gasteiger partial charge is 0.270 e. The Bertz CT molecular complexity index is 677. The Morgan fingerprint density at radius 1 is 1.50 bits per heavy atom. The van der Waals surface area contributed by atoms with Gasteiger partial charge in [0, 0.05) is 10.7 Å². The number of rotatable bonds is 3. The molecule has 2 N–H and O–H groups in total. The summed E-state index contributed by atoms with van der Waals surface area (Å²) in [5.41, 5.74) is 2.23. The van der Waals surface area contributed by atoms with E-state index in [1.165, 1.54) is 0 Å². The van der Waals surface area contributed by atoms with Crippen LogP contribution in [0.2, 0.25) is 0 Å². The van der Waals surface area contributed by atoms with Gasteiger partial charge in [0.25, 0.3) is 5.91 Å². The van der Waals surface area contributed by atoms with Gasteiger partial charge in [0.2, 0.25) is 0 Å². The molecule has 108 valence electrons. The second-order valence-electron chi connectivity index (χ2n) is 5.58. The lowest BCUT2D eigenvalue weighted by Gasteiger charge is -2.23. The number of carbonyl (C=O) groups excluding carboxylic acids is 1. The molecule has 0 saturated heterocycles. The second-order valence-corrected chi connectivity index (χ2v) is 6.49. The Morgan fingerprint density at radius 2 is 2.15 bits per heavy atom. The van der Waals surface area contributed by atoms with Crippen LogP contribution >= 0.6 is 15.9 Å². The number of nitrogens with one attached hydrogen (secondary N) is 1. The van der Waals surface area contributed by atoms with Crippen LogP contribution in [0.15, 0.2) is 16.7 Å². The van der Waals surface area contributed by atoms with Crippen molar-refractivity contribution in [2.75, 3.05) is 6.61 Å². The number of carbonyl (C=O) groups is 1. The molecular formula is C14H18BrN3O2. The Labute approximate surface area is 126 Å². The Balaban J connectivity index is 2.54. The van der Waals surface area contributed by atoms with Gasteiger partial charge in [-0.25, -0.2) is 4.98 Å². The van der Waals surface area contributed by atoms with Crippen LogP contribution in [0.4, 0.5) is 0 Å². The molecule has 20 heavy (non-hydrogen) atoms. The van der Waals surface area contributed by atoms with E-state index in [1.54, 1.807) is 25.2 Å². The largest absolute Gasteiger partial charge is 0.394 e. The molecule has 1 amide bonds. The molecule has 2 heterocycles. The van der Waals surface area contributed by atoms with Crippen LogP contribution in [0.3, 0.4) is 0 Å². The van der Waals surface area contributed by atoms with Crippen LogP contribution in [0.1, 0.15) is 35.6 Å². The first-order valence-electron chi connectivity index (χ1n) is 6.33. The lowest BCUT2D eigenvalue weighted by Crippen LogP contribution is -2.46. The summed E-state index contributed by atoms with van der Waals surface area (Å²) in [6.45, 7) is 7.17. The van der Waals surface area contributed by atoms with Crippen molar-refractivity contribution in [2.24, 2.45) is 0 Å². The number of aromatic nitrogens is 2. The van der Waals surface area contributed by atoms with Gasteiger partial charge in [-0.15, -0.1) is 0 Å². The number of aliphatic hydroxyl groups is 1. The summed E-state index contributed by atoms with van der Waals surface area (Å²) < 4.78 is 2.66. The number of hydrogen-bond acceptors (Lipinski definition) is 3. The molecule has 0 aliphatic carbocycles. The van der Waals surface area contributed by atoms with Gasteiger partial charge in [-0.2, -0.15) is 0 Å². The molecule has 0 aromatic carbocycles. The van der Waals surface area contributed by atoms with Crippen molar-refractivity contribution in [2.45, 2.75) is 33.2 Å². The number of halogens is 1. The summed E-state index contributed by atoms with van der Waals surface area (Å²) in [5, 5.41) is 12.1. The third kappa shape index (κ3) is 2.71. The summed E-state index contributed by atoms with van der Waals surface area (Å²) in [6, 6.07) is 1.96. The molecule has 0 spiro atoms. The third-order valence-electron chi connectivity index (χ3n) is 3.11. The predicted octanol–water partition coefficient (Wildman–Crippen LogP) is 2.21. The highest BCUT2D eigenvalue weighted by atomic mass is 79.9. The molecule has 0 saturated carbocycles. The first-order valence-corrected chi connectivity index (χ1v) is 7.12. The third-order valence-corrected chi connectivity index (χ3v) is 3.54. The number of aryl methyl sites for hydroxylation is 2. The van der Waals surface area contributed by atoms with Crippen LogP contribution in [0.5, 0.6) is 0 Å². The molecule has 0 radical (unpaired) electrons. The highest BCUT2D eigenvalue weighted by Gasteiger charge is 2.24. The molecule has 0 atom stereocenters. The van der Waals surface area contributed by atoms with Gasteiger partial charge in [-0.1, -0.05) is 0 Å². The van der Waals surface area contributed by atoms with Crippen LogP contribution in [-0.2, 0) is 0 Å². The van der Waals surface area contributed by atoms with E-state index in [2.05, 4.69) is 26.2 Å². The van der Waals surface area contributed by atoms with Crippen molar-refractivity contribution in [3.8, 4) is 0 Å². The normalized spacial score (nSPS) is 11.9. The predicted molar refractivity (Wildman–Crippen MR) is 81.0 cm³/mol. The quantitative estimate of drug-likeness (QED) is 0.900. The second kappa shape index (κ2) is 5.18. The molecule has 0 fully saturated rings. The number of imidazole rings is 1. The average Bonchev–Trinajstić information content (AvgIpc) is 2.65. The number of amides is 1. The van der Waals surface area contributed by atoms with Gasteiger partial charge >= 0.3 is 0 Å². The standard InChI is InChI=1S/C14H18BrN3O2/c1-8-5-10(15)6-18-11(9(2)16-12(8)18)13(20)17-14(3,4)7-19/h5-6,19H,7H2,1-4H3,(H,17,20). The molecule has 2 rings (SSSR count). The SMILES string of the molecule is Cc1nc2c(C)cc(Br)cn2c1C(=O)NC(C)(C)CO. The van der Waals surface area contributed by atoms with Crippen LogP contribution in [0, 0.1) is 13.8 Å². The van der Waals surface area contributed by atoms with Crippen LogP contribution in [-0.4, -0.2) is 32.5 Å². The molecular weight excluding hydrogens is 322 g/mol. The number of aliphatic hydroxyl groups excluding tert-OH is 1. The fourth-order valence-corrected chi connectivity index (χ4v) is 2.61. The maximum absolute atomic E-state index is 12.4. The van der Waals surface area contributed by atoms with Gasteiger partial charge in [0.05, 0.1) is 17.8 Å². The number of nitrogens with zero attached hydrogens (tertiary/aromatic N) is 2. The first kappa shape index (κ1) is 15.0. The van der Waals surface area contributed by atoms with E-state index < -0.39 is 5.54 Å². The van der Waals surface area contributed by atoms with Crippen LogP contribution in [0.25, 0.3) is 5.65 Å². The molecule has 6 heteroatoms. The number of hydrogen-bond donors (Lipinski definition) is 2. The van der Waals surface area contributed by atoms with Crippen molar-refractivity contribution in [1.82, 2.24) is 14.7 Å². The zero-order valence-electron chi connectivity index (χ0n) is 12.0. The highest BCUT2D eigenvalue weighted by Crippen LogP contribution is 2.20. The van der Waals surface area contributed by atoms with E-state index in [-0.39, 0.29) is 12.5 Å². The fourth-order valence-electron chi connectivity index (χ4n) is 2.06. The molecule has 0 unspecified atom stereocenters. The number of fused-ring (bicyclic) bond motifs is 1. The maximum atomic E-state index is 12.4. The van der Waals surface area contributed by atoms with Gasteiger partial charge in [-0.05, 0) is 55.3 Å². The van der Waals surface area contributed by atoms with E-state index in [0.29, 0.717) is 11.4 Å². The highest BCUT2D eigenvalue weighted by molar-refractivity contribution is 9.10. The van der Waals surface area contributed by atoms with Gasteiger partial charge in [0.1, 0.15) is 11.3 Å². The van der Waals surface area contributed by atoms with Crippen molar-refractivity contribution in [3.63, 3.8) is 0 Å². The summed E-state index contributed by atoms with van der Waals surface area (Å²) in [4.78, 5) is 16.9. The Kier molecular flexibility index (Phi) is 3.88. The summed E-state index contributed by atoms with van der Waals surface area (Å²) in [7, 11) is 0. The van der Waals surface area contributed by atoms with E-state index in [4.69, 9.17) is 0 Å². The summed E-state index contributed by atoms with van der Waals surface area (Å²) in [5.74, 6) is -0.244. The molecule has 0 aliphatic heterocycles.